The highest BCUT2D eigenvalue weighted by Crippen LogP contribution is 2.26. The molecule has 2 heterocycles. The molecule has 11 heteroatoms. The predicted molar refractivity (Wildman–Crippen MR) is 83.2 cm³/mol. The third-order valence-corrected chi connectivity index (χ3v) is 3.44. The monoisotopic (exact) mass is 373 g/mol. The van der Waals surface area contributed by atoms with E-state index in [1.54, 1.807) is 6.92 Å². The van der Waals surface area contributed by atoms with Crippen molar-refractivity contribution in [1.82, 2.24) is 13.7 Å². The molecule has 0 amide bonds. The molecule has 0 fully saturated rings. The number of esters is 1. The number of pyridine rings is 1. The van der Waals surface area contributed by atoms with Crippen LogP contribution >= 0.6 is 0 Å². The summed E-state index contributed by atoms with van der Waals surface area (Å²) in [4.78, 5) is 47.6. The molecule has 26 heavy (non-hydrogen) atoms. The first kappa shape index (κ1) is 19.2. The third-order valence-electron chi connectivity index (χ3n) is 3.44. The van der Waals surface area contributed by atoms with Crippen molar-refractivity contribution >= 4 is 5.97 Å². The summed E-state index contributed by atoms with van der Waals surface area (Å²) >= 11 is 0. The van der Waals surface area contributed by atoms with Gasteiger partial charge in [-0.1, -0.05) is 0 Å². The maximum Gasteiger partial charge on any atom is 0.431 e. The lowest BCUT2D eigenvalue weighted by Crippen LogP contribution is -2.41. The average molecular weight is 373 g/mol. The molecular formula is C15H14F3N3O5. The Morgan fingerprint density at radius 1 is 1.15 bits per heavy atom. The van der Waals surface area contributed by atoms with Gasteiger partial charge < -0.3 is 9.30 Å². The molecule has 0 aliphatic heterocycles. The molecule has 0 saturated carbocycles. The van der Waals surface area contributed by atoms with Crippen LogP contribution in [0, 0.1) is 0 Å². The number of nitrogens with zero attached hydrogens (tertiary/aromatic N) is 3. The van der Waals surface area contributed by atoms with Crippen LogP contribution in [0.25, 0.3) is 5.69 Å². The minimum Gasteiger partial charge on any atom is -0.465 e. The zero-order valence-corrected chi connectivity index (χ0v) is 13.7. The molecule has 0 N–H and O–H groups in total. The van der Waals surface area contributed by atoms with Gasteiger partial charge in [-0.25, -0.2) is 9.36 Å². The molecule has 0 saturated heterocycles. The summed E-state index contributed by atoms with van der Waals surface area (Å²) in [7, 11) is 0.871. The molecule has 140 valence electrons. The summed E-state index contributed by atoms with van der Waals surface area (Å²) in [5, 5.41) is 0. The summed E-state index contributed by atoms with van der Waals surface area (Å²) in [5.41, 5.74) is -4.64. The Morgan fingerprint density at radius 3 is 2.38 bits per heavy atom. The van der Waals surface area contributed by atoms with Gasteiger partial charge in [0.15, 0.2) is 0 Å². The van der Waals surface area contributed by atoms with E-state index in [0.29, 0.717) is 4.57 Å². The summed E-state index contributed by atoms with van der Waals surface area (Å²) < 4.78 is 45.0. The maximum absolute atomic E-state index is 12.9. The van der Waals surface area contributed by atoms with Crippen LogP contribution in [0.4, 0.5) is 13.2 Å². The molecule has 0 aromatic carbocycles. The molecule has 2 rings (SSSR count). The number of rotatable bonds is 4. The lowest BCUT2D eigenvalue weighted by molar-refractivity contribution is -0.144. The molecule has 2 aromatic rings. The molecule has 0 aliphatic carbocycles. The van der Waals surface area contributed by atoms with E-state index in [2.05, 4.69) is 0 Å². The number of alkyl halides is 3. The van der Waals surface area contributed by atoms with Crippen molar-refractivity contribution < 1.29 is 22.7 Å². The zero-order valence-electron chi connectivity index (χ0n) is 13.7. The summed E-state index contributed by atoms with van der Waals surface area (Å²) in [6.45, 7) is 1.19. The third kappa shape index (κ3) is 3.76. The fraction of sp³-hybridized carbons (Fsp3) is 0.333. The van der Waals surface area contributed by atoms with E-state index in [0.717, 1.165) is 29.9 Å². The van der Waals surface area contributed by atoms with Crippen LogP contribution in [0.3, 0.4) is 0 Å². The van der Waals surface area contributed by atoms with Gasteiger partial charge in [-0.05, 0) is 13.0 Å². The van der Waals surface area contributed by atoms with Gasteiger partial charge in [0, 0.05) is 25.4 Å². The minimum atomic E-state index is -4.88. The first-order valence-corrected chi connectivity index (χ1v) is 7.33. The van der Waals surface area contributed by atoms with Crippen LogP contribution in [-0.2, 0) is 29.3 Å². The van der Waals surface area contributed by atoms with Crippen LogP contribution in [0.5, 0.6) is 0 Å². The SMILES string of the molecule is CCOC(=O)Cn1cc(-n2c(=O)cc(C(F)(F)F)n(C)c2=O)ccc1=O. The van der Waals surface area contributed by atoms with Gasteiger partial charge in [0.1, 0.15) is 12.2 Å². The van der Waals surface area contributed by atoms with E-state index < -0.39 is 41.2 Å². The van der Waals surface area contributed by atoms with E-state index >= 15 is 0 Å². The number of hydrogen-bond acceptors (Lipinski definition) is 5. The molecule has 0 radical (unpaired) electrons. The van der Waals surface area contributed by atoms with Crippen LogP contribution in [-0.4, -0.2) is 26.3 Å². The Kier molecular flexibility index (Phi) is 5.19. The molecule has 0 atom stereocenters. The normalized spacial score (nSPS) is 11.4. The van der Waals surface area contributed by atoms with Gasteiger partial charge in [-0.2, -0.15) is 13.2 Å². The molecular weight excluding hydrogens is 359 g/mol. The molecule has 0 bridgehead atoms. The van der Waals surface area contributed by atoms with Crippen LogP contribution in [0.2, 0.25) is 0 Å². The minimum absolute atomic E-state index is 0.0895. The van der Waals surface area contributed by atoms with Crippen molar-refractivity contribution in [3.63, 3.8) is 0 Å². The van der Waals surface area contributed by atoms with E-state index in [1.807, 2.05) is 0 Å². The van der Waals surface area contributed by atoms with Gasteiger partial charge in [0.05, 0.1) is 12.3 Å². The number of carbonyl (C=O) groups excluding carboxylic acids is 1. The Bertz CT molecular complexity index is 1020. The lowest BCUT2D eigenvalue weighted by Gasteiger charge is -2.14. The lowest BCUT2D eigenvalue weighted by atomic mass is 10.3. The molecule has 0 spiro atoms. The predicted octanol–water partition coefficient (Wildman–Crippen LogP) is 0.280. The van der Waals surface area contributed by atoms with E-state index in [9.17, 15) is 32.3 Å². The maximum atomic E-state index is 12.9. The number of halogens is 3. The topological polar surface area (TPSA) is 92.3 Å². The van der Waals surface area contributed by atoms with Crippen molar-refractivity contribution in [3.8, 4) is 5.69 Å². The zero-order chi connectivity index (χ0) is 19.6. The highest BCUT2D eigenvalue weighted by molar-refractivity contribution is 5.69. The van der Waals surface area contributed by atoms with Crippen LogP contribution in [0.15, 0.2) is 38.8 Å². The van der Waals surface area contributed by atoms with Crippen molar-refractivity contribution in [2.24, 2.45) is 7.05 Å². The highest BCUT2D eigenvalue weighted by Gasteiger charge is 2.35. The summed E-state index contributed by atoms with van der Waals surface area (Å²) in [5.74, 6) is -0.723. The Hall–Kier alpha value is -3.11. The second-order valence-electron chi connectivity index (χ2n) is 5.20. The average Bonchev–Trinajstić information content (AvgIpc) is 2.53. The highest BCUT2D eigenvalue weighted by atomic mass is 19.4. The van der Waals surface area contributed by atoms with Crippen molar-refractivity contribution in [1.29, 1.82) is 0 Å². The Balaban J connectivity index is 2.62. The quantitative estimate of drug-likeness (QED) is 0.718. The summed E-state index contributed by atoms with van der Waals surface area (Å²) in [6.07, 6.45) is -3.86. The standard InChI is InChI=1S/C15H14F3N3O5/c1-3-26-13(24)8-20-7-9(4-5-11(20)22)21-12(23)6-10(15(16,17)18)19(2)14(21)25/h4-7H,3,8H2,1-2H3. The second-order valence-corrected chi connectivity index (χ2v) is 5.20. The second kappa shape index (κ2) is 7.02. The molecule has 0 unspecified atom stereocenters. The van der Waals surface area contributed by atoms with E-state index in [-0.39, 0.29) is 22.9 Å². The molecule has 8 nitrogen and oxygen atoms in total. The molecule has 0 aliphatic rings. The summed E-state index contributed by atoms with van der Waals surface area (Å²) in [6, 6.07) is 2.36. The fourth-order valence-electron chi connectivity index (χ4n) is 2.26. The van der Waals surface area contributed by atoms with Crippen molar-refractivity contribution in [3.05, 3.63) is 61.3 Å². The number of ether oxygens (including phenoxy) is 1. The number of aromatic nitrogens is 3. The number of hydrogen-bond donors (Lipinski definition) is 0. The van der Waals surface area contributed by atoms with Crippen molar-refractivity contribution in [2.75, 3.05) is 6.61 Å². The largest absolute Gasteiger partial charge is 0.465 e. The van der Waals surface area contributed by atoms with Gasteiger partial charge in [0.25, 0.3) is 11.1 Å². The first-order chi connectivity index (χ1) is 12.1. The Labute approximate surface area is 143 Å². The van der Waals surface area contributed by atoms with E-state index in [1.165, 1.54) is 0 Å². The van der Waals surface area contributed by atoms with E-state index in [4.69, 9.17) is 4.74 Å². The first-order valence-electron chi connectivity index (χ1n) is 7.33. The van der Waals surface area contributed by atoms with Gasteiger partial charge >= 0.3 is 17.8 Å². The fourth-order valence-corrected chi connectivity index (χ4v) is 2.26. The van der Waals surface area contributed by atoms with Crippen LogP contribution < -0.4 is 16.8 Å². The van der Waals surface area contributed by atoms with Crippen LogP contribution in [0.1, 0.15) is 12.6 Å². The Morgan fingerprint density at radius 2 is 1.81 bits per heavy atom. The van der Waals surface area contributed by atoms with Gasteiger partial charge in [-0.3, -0.25) is 19.0 Å². The molecule has 2 aromatic heterocycles. The van der Waals surface area contributed by atoms with Crippen molar-refractivity contribution in [2.45, 2.75) is 19.6 Å². The van der Waals surface area contributed by atoms with Gasteiger partial charge in [-0.15, -0.1) is 0 Å². The smallest absolute Gasteiger partial charge is 0.431 e. The number of carbonyl (C=O) groups is 1. The van der Waals surface area contributed by atoms with Gasteiger partial charge in [0.2, 0.25) is 0 Å².